The summed E-state index contributed by atoms with van der Waals surface area (Å²) in [6.45, 7) is 17.0. The number of unbranched alkanes of at least 4 members (excludes halogenated alkanes) is 6. The minimum absolute atomic E-state index is 0.154. The Morgan fingerprint density at radius 3 is 1.72 bits per heavy atom. The standard InChI is InChI=1S/C29H50O3/c1-9-10-11-12-13-14-15-16-22(18-17-21(2)27(31)32)23-19-24(28(3,4)5)26(30)25(20-23)29(6,7)8/h19-22,30H,9-18H2,1-8H3,(H,31,32). The number of hydrogen-bond acceptors (Lipinski definition) is 2. The molecule has 0 amide bonds. The van der Waals surface area contributed by atoms with E-state index in [9.17, 15) is 15.0 Å². The van der Waals surface area contributed by atoms with Gasteiger partial charge in [0, 0.05) is 0 Å². The molecule has 2 unspecified atom stereocenters. The van der Waals surface area contributed by atoms with Crippen LogP contribution in [0.15, 0.2) is 12.1 Å². The zero-order chi connectivity index (χ0) is 24.5. The maximum absolute atomic E-state index is 11.4. The Kier molecular flexibility index (Phi) is 11.3. The summed E-state index contributed by atoms with van der Waals surface area (Å²) in [5, 5.41) is 20.5. The highest BCUT2D eigenvalue weighted by Gasteiger charge is 2.28. The van der Waals surface area contributed by atoms with E-state index in [1.165, 1.54) is 50.5 Å². The molecule has 184 valence electrons. The number of benzene rings is 1. The lowest BCUT2D eigenvalue weighted by Crippen LogP contribution is -2.19. The summed E-state index contributed by atoms with van der Waals surface area (Å²) in [5.41, 5.74) is 2.95. The van der Waals surface area contributed by atoms with Gasteiger partial charge in [-0.3, -0.25) is 4.79 Å². The van der Waals surface area contributed by atoms with Gasteiger partial charge in [0.05, 0.1) is 5.92 Å². The van der Waals surface area contributed by atoms with Crippen molar-refractivity contribution in [1.29, 1.82) is 0 Å². The van der Waals surface area contributed by atoms with Crippen LogP contribution in [0.3, 0.4) is 0 Å². The Balaban J connectivity index is 3.16. The van der Waals surface area contributed by atoms with Gasteiger partial charge in [0.15, 0.2) is 0 Å². The summed E-state index contributed by atoms with van der Waals surface area (Å²) in [5.74, 6) is -0.290. The molecule has 32 heavy (non-hydrogen) atoms. The third-order valence-electron chi connectivity index (χ3n) is 6.75. The molecule has 0 radical (unpaired) electrons. The van der Waals surface area contributed by atoms with Gasteiger partial charge in [-0.1, -0.05) is 112 Å². The van der Waals surface area contributed by atoms with Gasteiger partial charge in [-0.05, 0) is 52.7 Å². The summed E-state index contributed by atoms with van der Waals surface area (Å²) in [4.78, 5) is 11.4. The number of carboxylic acid groups (broad SMARTS) is 1. The minimum atomic E-state index is -0.712. The van der Waals surface area contributed by atoms with E-state index in [2.05, 4.69) is 60.6 Å². The van der Waals surface area contributed by atoms with Crippen LogP contribution in [0, 0.1) is 5.92 Å². The van der Waals surface area contributed by atoms with E-state index in [4.69, 9.17) is 0 Å². The lowest BCUT2D eigenvalue weighted by atomic mass is 9.75. The van der Waals surface area contributed by atoms with Crippen molar-refractivity contribution in [3.05, 3.63) is 28.8 Å². The molecule has 0 aliphatic heterocycles. The summed E-state index contributed by atoms with van der Waals surface area (Å²) in [7, 11) is 0. The molecule has 0 saturated heterocycles. The molecule has 0 aromatic heterocycles. The van der Waals surface area contributed by atoms with Gasteiger partial charge in [0.2, 0.25) is 0 Å². The first-order valence-electron chi connectivity index (χ1n) is 12.9. The number of carbonyl (C=O) groups is 1. The van der Waals surface area contributed by atoms with E-state index >= 15 is 0 Å². The monoisotopic (exact) mass is 446 g/mol. The molecule has 0 heterocycles. The number of rotatable bonds is 13. The maximum atomic E-state index is 11.4. The van der Waals surface area contributed by atoms with Gasteiger partial charge < -0.3 is 10.2 Å². The van der Waals surface area contributed by atoms with Crippen LogP contribution in [-0.2, 0) is 15.6 Å². The van der Waals surface area contributed by atoms with Crippen LogP contribution < -0.4 is 0 Å². The van der Waals surface area contributed by atoms with E-state index < -0.39 is 5.97 Å². The van der Waals surface area contributed by atoms with E-state index in [0.29, 0.717) is 18.1 Å². The second-order valence-electron chi connectivity index (χ2n) is 11.9. The fraction of sp³-hybridized carbons (Fsp3) is 0.759. The maximum Gasteiger partial charge on any atom is 0.306 e. The average molecular weight is 447 g/mol. The molecule has 0 saturated carbocycles. The molecule has 0 aliphatic carbocycles. The molecule has 0 spiro atoms. The van der Waals surface area contributed by atoms with Gasteiger partial charge in [-0.2, -0.15) is 0 Å². The molecule has 0 fully saturated rings. The van der Waals surface area contributed by atoms with E-state index in [1.807, 2.05) is 6.92 Å². The minimum Gasteiger partial charge on any atom is -0.507 e. The van der Waals surface area contributed by atoms with Crippen molar-refractivity contribution in [1.82, 2.24) is 0 Å². The van der Waals surface area contributed by atoms with Crippen LogP contribution in [0.5, 0.6) is 5.75 Å². The van der Waals surface area contributed by atoms with Crippen molar-refractivity contribution in [2.24, 2.45) is 5.92 Å². The SMILES string of the molecule is CCCCCCCCCC(CCC(C)C(=O)O)c1cc(C(C)(C)C)c(O)c(C(C)(C)C)c1. The summed E-state index contributed by atoms with van der Waals surface area (Å²) < 4.78 is 0. The number of aliphatic carboxylic acids is 1. The van der Waals surface area contributed by atoms with Crippen molar-refractivity contribution in [3.8, 4) is 5.75 Å². The first kappa shape index (κ1) is 28.5. The first-order valence-corrected chi connectivity index (χ1v) is 12.9. The summed E-state index contributed by atoms with van der Waals surface area (Å²) in [6.07, 6.45) is 11.6. The number of carboxylic acids is 1. The molecule has 2 N–H and O–H groups in total. The molecular weight excluding hydrogens is 396 g/mol. The Bertz CT molecular complexity index is 671. The first-order chi connectivity index (χ1) is 14.8. The topological polar surface area (TPSA) is 57.5 Å². The highest BCUT2D eigenvalue weighted by Crippen LogP contribution is 2.42. The Morgan fingerprint density at radius 1 is 0.812 bits per heavy atom. The summed E-state index contributed by atoms with van der Waals surface area (Å²) in [6, 6.07) is 4.39. The number of aromatic hydroxyl groups is 1. The second-order valence-corrected chi connectivity index (χ2v) is 11.9. The highest BCUT2D eigenvalue weighted by atomic mass is 16.4. The van der Waals surface area contributed by atoms with Crippen LogP contribution in [-0.4, -0.2) is 16.2 Å². The van der Waals surface area contributed by atoms with Gasteiger partial charge >= 0.3 is 5.97 Å². The molecule has 1 aromatic carbocycles. The van der Waals surface area contributed by atoms with Crippen LogP contribution >= 0.6 is 0 Å². The smallest absolute Gasteiger partial charge is 0.306 e. The third-order valence-corrected chi connectivity index (χ3v) is 6.75. The van der Waals surface area contributed by atoms with Gasteiger partial charge in [0.25, 0.3) is 0 Å². The number of hydrogen-bond donors (Lipinski definition) is 2. The van der Waals surface area contributed by atoms with Crippen LogP contribution in [0.25, 0.3) is 0 Å². The van der Waals surface area contributed by atoms with Crippen molar-refractivity contribution in [2.75, 3.05) is 0 Å². The number of phenols is 1. The van der Waals surface area contributed by atoms with Crippen molar-refractivity contribution in [2.45, 2.75) is 136 Å². The lowest BCUT2D eigenvalue weighted by molar-refractivity contribution is -0.141. The molecule has 3 nitrogen and oxygen atoms in total. The van der Waals surface area contributed by atoms with E-state index in [0.717, 1.165) is 24.0 Å². The Hall–Kier alpha value is -1.51. The highest BCUT2D eigenvalue weighted by molar-refractivity contribution is 5.69. The molecule has 2 atom stereocenters. The fourth-order valence-corrected chi connectivity index (χ4v) is 4.44. The Labute approximate surface area is 198 Å². The van der Waals surface area contributed by atoms with Gasteiger partial charge in [-0.15, -0.1) is 0 Å². The van der Waals surface area contributed by atoms with Crippen molar-refractivity contribution >= 4 is 5.97 Å². The predicted octanol–water partition coefficient (Wildman–Crippen LogP) is 8.71. The van der Waals surface area contributed by atoms with Gasteiger partial charge in [-0.25, -0.2) is 0 Å². The zero-order valence-electron chi connectivity index (χ0n) is 22.2. The van der Waals surface area contributed by atoms with Crippen LogP contribution in [0.1, 0.15) is 142 Å². The molecule has 0 aliphatic rings. The molecule has 1 rings (SSSR count). The van der Waals surface area contributed by atoms with E-state index in [1.54, 1.807) is 0 Å². The van der Waals surface area contributed by atoms with Crippen LogP contribution in [0.2, 0.25) is 0 Å². The third kappa shape index (κ3) is 9.16. The van der Waals surface area contributed by atoms with Gasteiger partial charge in [0.1, 0.15) is 5.75 Å². The molecule has 1 aromatic rings. The average Bonchev–Trinajstić information content (AvgIpc) is 2.67. The summed E-state index contributed by atoms with van der Waals surface area (Å²) >= 11 is 0. The predicted molar refractivity (Wildman–Crippen MR) is 137 cm³/mol. The second kappa shape index (κ2) is 12.7. The Morgan fingerprint density at radius 2 is 1.28 bits per heavy atom. The normalized spacial score (nSPS) is 14.4. The van der Waals surface area contributed by atoms with Crippen molar-refractivity contribution in [3.63, 3.8) is 0 Å². The fourth-order valence-electron chi connectivity index (χ4n) is 4.44. The quantitative estimate of drug-likeness (QED) is 0.298. The molecule has 3 heteroatoms. The number of phenolic OH excluding ortho intramolecular Hbond substituents is 1. The molecular formula is C29H50O3. The lowest BCUT2D eigenvalue weighted by Gasteiger charge is -2.30. The molecule has 0 bridgehead atoms. The zero-order valence-corrected chi connectivity index (χ0v) is 22.2. The van der Waals surface area contributed by atoms with Crippen molar-refractivity contribution < 1.29 is 15.0 Å². The van der Waals surface area contributed by atoms with Crippen LogP contribution in [0.4, 0.5) is 0 Å². The van der Waals surface area contributed by atoms with E-state index in [-0.39, 0.29) is 16.7 Å². The largest absolute Gasteiger partial charge is 0.507 e.